The highest BCUT2D eigenvalue weighted by Crippen LogP contribution is 2.06. The van der Waals surface area contributed by atoms with Crippen LogP contribution >= 0.6 is 12.2 Å². The van der Waals surface area contributed by atoms with E-state index < -0.39 is 0 Å². The standard InChI is InChI=1S/C9H6N4S/c10-5-7-1-3-8(4-2-7)13-6-11-9(14)12-13/h1-4,6H,(H,12,14). The summed E-state index contributed by atoms with van der Waals surface area (Å²) in [5.41, 5.74) is 1.53. The van der Waals surface area contributed by atoms with Crippen LogP contribution in [0.25, 0.3) is 5.69 Å². The summed E-state index contributed by atoms with van der Waals surface area (Å²) < 4.78 is 2.14. The van der Waals surface area contributed by atoms with Gasteiger partial charge in [-0.2, -0.15) is 5.26 Å². The molecule has 0 radical (unpaired) electrons. The van der Waals surface area contributed by atoms with Crippen LogP contribution in [0, 0.1) is 16.1 Å². The summed E-state index contributed by atoms with van der Waals surface area (Å²) in [5, 5.41) is 11.5. The zero-order valence-electron chi connectivity index (χ0n) is 7.14. The van der Waals surface area contributed by atoms with Gasteiger partial charge in [0.1, 0.15) is 6.33 Å². The Kier molecular flexibility index (Phi) is 2.13. The third-order valence-corrected chi connectivity index (χ3v) is 1.98. The zero-order valence-corrected chi connectivity index (χ0v) is 7.95. The lowest BCUT2D eigenvalue weighted by atomic mass is 10.2. The predicted octanol–water partition coefficient (Wildman–Crippen LogP) is 1.80. The van der Waals surface area contributed by atoms with Crippen molar-refractivity contribution in [2.45, 2.75) is 0 Å². The molecule has 2 aromatic rings. The largest absolute Gasteiger partial charge is 0.267 e. The Labute approximate surface area is 85.4 Å². The number of benzene rings is 1. The third kappa shape index (κ3) is 1.56. The first kappa shape index (κ1) is 8.66. The Bertz CT molecular complexity index is 529. The van der Waals surface area contributed by atoms with Crippen molar-refractivity contribution in [2.75, 3.05) is 0 Å². The van der Waals surface area contributed by atoms with Crippen molar-refractivity contribution in [3.05, 3.63) is 40.9 Å². The Balaban J connectivity index is 2.44. The third-order valence-electron chi connectivity index (χ3n) is 1.78. The van der Waals surface area contributed by atoms with E-state index in [-0.39, 0.29) is 0 Å². The summed E-state index contributed by atoms with van der Waals surface area (Å²) in [6.45, 7) is 0. The van der Waals surface area contributed by atoms with E-state index in [1.807, 2.05) is 12.1 Å². The Morgan fingerprint density at radius 2 is 2.07 bits per heavy atom. The van der Waals surface area contributed by atoms with Crippen LogP contribution < -0.4 is 0 Å². The Morgan fingerprint density at radius 1 is 1.36 bits per heavy atom. The molecule has 5 heteroatoms. The molecule has 1 heterocycles. The quantitative estimate of drug-likeness (QED) is 0.717. The van der Waals surface area contributed by atoms with Gasteiger partial charge in [-0.15, -0.1) is 0 Å². The van der Waals surface area contributed by atoms with Gasteiger partial charge in [0.25, 0.3) is 0 Å². The molecule has 0 bridgehead atoms. The van der Waals surface area contributed by atoms with Crippen molar-refractivity contribution in [1.29, 1.82) is 5.26 Å². The number of rotatable bonds is 1. The van der Waals surface area contributed by atoms with Crippen LogP contribution in [-0.4, -0.2) is 14.8 Å². The van der Waals surface area contributed by atoms with Crippen LogP contribution in [0.2, 0.25) is 0 Å². The molecule has 0 aliphatic rings. The molecule has 68 valence electrons. The van der Waals surface area contributed by atoms with Crippen LogP contribution in [0.1, 0.15) is 5.56 Å². The molecule has 1 N–H and O–H groups in total. The van der Waals surface area contributed by atoms with E-state index in [1.165, 1.54) is 0 Å². The van der Waals surface area contributed by atoms with Gasteiger partial charge in [0.2, 0.25) is 4.77 Å². The van der Waals surface area contributed by atoms with E-state index in [0.717, 1.165) is 5.69 Å². The van der Waals surface area contributed by atoms with E-state index in [1.54, 1.807) is 23.1 Å². The van der Waals surface area contributed by atoms with Crippen LogP contribution in [0.15, 0.2) is 30.6 Å². The van der Waals surface area contributed by atoms with E-state index in [4.69, 9.17) is 17.5 Å². The molecule has 1 aromatic carbocycles. The molecule has 14 heavy (non-hydrogen) atoms. The normalized spacial score (nSPS) is 9.64. The summed E-state index contributed by atoms with van der Waals surface area (Å²) in [4.78, 5) is 3.89. The summed E-state index contributed by atoms with van der Waals surface area (Å²) >= 11 is 4.84. The number of nitriles is 1. The number of nitrogens with zero attached hydrogens (tertiary/aromatic N) is 3. The lowest BCUT2D eigenvalue weighted by Gasteiger charge is -1.99. The maximum atomic E-state index is 8.61. The van der Waals surface area contributed by atoms with Gasteiger partial charge in [-0.25, -0.2) is 9.67 Å². The predicted molar refractivity (Wildman–Crippen MR) is 53.5 cm³/mol. The van der Waals surface area contributed by atoms with Crippen molar-refractivity contribution >= 4 is 12.2 Å². The van der Waals surface area contributed by atoms with E-state index in [2.05, 4.69) is 16.2 Å². The molecule has 0 atom stereocenters. The van der Waals surface area contributed by atoms with E-state index >= 15 is 0 Å². The maximum absolute atomic E-state index is 8.61. The summed E-state index contributed by atoms with van der Waals surface area (Å²) in [6, 6.07) is 9.19. The minimum absolute atomic E-state index is 0.439. The molecule has 4 nitrogen and oxygen atoms in total. The van der Waals surface area contributed by atoms with Crippen LogP contribution in [-0.2, 0) is 0 Å². The van der Waals surface area contributed by atoms with Crippen molar-refractivity contribution in [3.63, 3.8) is 0 Å². The number of hydrogen-bond donors (Lipinski definition) is 1. The number of nitrogens with one attached hydrogen (secondary N) is 1. The Hall–Kier alpha value is -1.93. The first-order valence-electron chi connectivity index (χ1n) is 3.94. The minimum Gasteiger partial charge on any atom is -0.267 e. The second-order valence-corrected chi connectivity index (χ2v) is 3.08. The van der Waals surface area contributed by atoms with Crippen molar-refractivity contribution in [1.82, 2.24) is 14.8 Å². The highest BCUT2D eigenvalue weighted by molar-refractivity contribution is 7.71. The summed E-state index contributed by atoms with van der Waals surface area (Å²) in [7, 11) is 0. The molecule has 0 unspecified atom stereocenters. The number of H-pyrrole nitrogens is 1. The molecule has 1 aromatic heterocycles. The fourth-order valence-corrected chi connectivity index (χ4v) is 1.24. The topological polar surface area (TPSA) is 57.4 Å². The number of aromatic nitrogens is 3. The van der Waals surface area contributed by atoms with Gasteiger partial charge in [-0.1, -0.05) is 0 Å². The van der Waals surface area contributed by atoms with E-state index in [9.17, 15) is 0 Å². The molecule has 0 aliphatic heterocycles. The molecule has 2 rings (SSSR count). The molecule has 0 amide bonds. The monoisotopic (exact) mass is 202 g/mol. The summed E-state index contributed by atoms with van der Waals surface area (Å²) in [5.74, 6) is 0. The minimum atomic E-state index is 0.439. The van der Waals surface area contributed by atoms with Crippen molar-refractivity contribution in [2.24, 2.45) is 0 Å². The highest BCUT2D eigenvalue weighted by Gasteiger charge is 1.95. The van der Waals surface area contributed by atoms with Gasteiger partial charge in [-0.05, 0) is 36.5 Å². The average molecular weight is 202 g/mol. The smallest absolute Gasteiger partial charge is 0.213 e. The van der Waals surface area contributed by atoms with Gasteiger partial charge in [-0.3, -0.25) is 5.10 Å². The first-order valence-corrected chi connectivity index (χ1v) is 4.34. The number of aromatic amines is 1. The van der Waals surface area contributed by atoms with Crippen LogP contribution in [0.5, 0.6) is 0 Å². The van der Waals surface area contributed by atoms with Crippen molar-refractivity contribution < 1.29 is 0 Å². The van der Waals surface area contributed by atoms with Gasteiger partial charge < -0.3 is 0 Å². The molecular weight excluding hydrogens is 196 g/mol. The summed E-state index contributed by atoms with van der Waals surface area (Å²) in [6.07, 6.45) is 1.60. The molecular formula is C9H6N4S. The fraction of sp³-hybridized carbons (Fsp3) is 0. The molecule has 0 fully saturated rings. The first-order chi connectivity index (χ1) is 6.79. The average Bonchev–Trinajstić information content (AvgIpc) is 2.65. The van der Waals surface area contributed by atoms with Crippen molar-refractivity contribution in [3.8, 4) is 11.8 Å². The molecule has 0 saturated carbocycles. The Morgan fingerprint density at radius 3 is 2.57 bits per heavy atom. The van der Waals surface area contributed by atoms with Gasteiger partial charge in [0.15, 0.2) is 0 Å². The second-order valence-electron chi connectivity index (χ2n) is 2.69. The maximum Gasteiger partial charge on any atom is 0.213 e. The van der Waals surface area contributed by atoms with Gasteiger partial charge >= 0.3 is 0 Å². The van der Waals surface area contributed by atoms with Gasteiger partial charge in [0, 0.05) is 0 Å². The molecule has 0 saturated heterocycles. The zero-order chi connectivity index (χ0) is 9.97. The SMILES string of the molecule is N#Cc1ccc(-n2cnc(=S)[nH]2)cc1. The van der Waals surface area contributed by atoms with Crippen LogP contribution in [0.4, 0.5) is 0 Å². The number of hydrogen-bond acceptors (Lipinski definition) is 3. The van der Waals surface area contributed by atoms with Gasteiger partial charge in [0.05, 0.1) is 17.3 Å². The molecule has 0 spiro atoms. The molecule has 0 aliphatic carbocycles. The van der Waals surface area contributed by atoms with E-state index in [0.29, 0.717) is 10.3 Å². The fourth-order valence-electron chi connectivity index (χ4n) is 1.10. The lowest BCUT2D eigenvalue weighted by molar-refractivity contribution is 0.874. The lowest BCUT2D eigenvalue weighted by Crippen LogP contribution is -1.93. The van der Waals surface area contributed by atoms with Crippen LogP contribution in [0.3, 0.4) is 0 Å². The second kappa shape index (κ2) is 3.44. The highest BCUT2D eigenvalue weighted by atomic mass is 32.1.